The first-order chi connectivity index (χ1) is 12.9. The monoisotopic (exact) mass is 410 g/mol. The molecule has 0 aliphatic rings. The molecule has 4 heteroatoms. The molecule has 1 aromatic carbocycles. The van der Waals surface area contributed by atoms with Gasteiger partial charge in [-0.3, -0.25) is 0 Å². The highest BCUT2D eigenvalue weighted by Crippen LogP contribution is 2.34. The number of rotatable bonds is 6. The molecule has 0 fully saturated rings. The van der Waals surface area contributed by atoms with Gasteiger partial charge in [0.15, 0.2) is 0 Å². The molecular weight excluding hydrogens is 381 g/mol. The lowest BCUT2D eigenvalue weighted by Gasteiger charge is -2.16. The topological polar surface area (TPSA) is 0 Å². The zero-order valence-corrected chi connectivity index (χ0v) is 18.6. The maximum atomic E-state index is 13.1. The van der Waals surface area contributed by atoms with Crippen LogP contribution in [0.2, 0.25) is 0 Å². The first-order valence-corrected chi connectivity index (χ1v) is 9.90. The molecule has 0 saturated heterocycles. The predicted molar refractivity (Wildman–Crippen MR) is 115 cm³/mol. The van der Waals surface area contributed by atoms with E-state index in [-0.39, 0.29) is 0 Å². The SMILES string of the molecule is CCC(C)=C(/C=C(\CC)c1cccc(C(F)(F)F)c1)/C(C)=C(/Cl)C(C)=C(C)C. The predicted octanol–water partition coefficient (Wildman–Crippen LogP) is 9.09. The molecule has 0 bridgehead atoms. The molecule has 1 rings (SSSR count). The van der Waals surface area contributed by atoms with Gasteiger partial charge in [-0.2, -0.15) is 13.2 Å². The molecular formula is C24H30ClF3. The maximum Gasteiger partial charge on any atom is 0.416 e. The second-order valence-corrected chi connectivity index (χ2v) is 7.59. The van der Waals surface area contributed by atoms with Gasteiger partial charge < -0.3 is 0 Å². The van der Waals surface area contributed by atoms with Crippen molar-refractivity contribution in [2.75, 3.05) is 0 Å². The van der Waals surface area contributed by atoms with E-state index in [1.807, 2.05) is 47.6 Å². The Morgan fingerprint density at radius 3 is 2.04 bits per heavy atom. The summed E-state index contributed by atoms with van der Waals surface area (Å²) < 4.78 is 39.4. The van der Waals surface area contributed by atoms with Crippen LogP contribution in [0.4, 0.5) is 13.2 Å². The van der Waals surface area contributed by atoms with Crippen molar-refractivity contribution >= 4 is 17.2 Å². The van der Waals surface area contributed by atoms with E-state index in [2.05, 4.69) is 6.92 Å². The molecule has 0 saturated carbocycles. The Morgan fingerprint density at radius 1 is 0.964 bits per heavy atom. The standard InChI is InChI=1S/C24H30ClF3/c1-8-16(5)22(18(7)23(25)17(6)15(3)4)14-19(9-2)20-11-10-12-21(13-20)24(26,27)28/h10-14H,8-9H2,1-7H3/b19-14+,22-16?,23-18+. The van der Waals surface area contributed by atoms with Crippen LogP contribution in [0.5, 0.6) is 0 Å². The molecule has 0 aliphatic carbocycles. The first kappa shape index (κ1) is 24.3. The number of hydrogen-bond donors (Lipinski definition) is 0. The Hall–Kier alpha value is -1.74. The summed E-state index contributed by atoms with van der Waals surface area (Å²) in [5, 5.41) is 0.693. The lowest BCUT2D eigenvalue weighted by atomic mass is 9.92. The zero-order chi connectivity index (χ0) is 21.6. The van der Waals surface area contributed by atoms with Crippen molar-refractivity contribution in [1.82, 2.24) is 0 Å². The Bertz CT molecular complexity index is 830. The molecule has 0 aliphatic heterocycles. The quantitative estimate of drug-likeness (QED) is 0.410. The van der Waals surface area contributed by atoms with E-state index in [1.54, 1.807) is 6.07 Å². The van der Waals surface area contributed by atoms with Gasteiger partial charge in [0, 0.05) is 5.03 Å². The average molecular weight is 411 g/mol. The van der Waals surface area contributed by atoms with E-state index in [0.29, 0.717) is 17.0 Å². The number of hydrogen-bond acceptors (Lipinski definition) is 0. The van der Waals surface area contributed by atoms with Crippen LogP contribution in [0.3, 0.4) is 0 Å². The minimum absolute atomic E-state index is 0.585. The van der Waals surface area contributed by atoms with Crippen molar-refractivity contribution in [3.05, 3.63) is 74.4 Å². The summed E-state index contributed by atoms with van der Waals surface area (Å²) in [5.74, 6) is 0. The van der Waals surface area contributed by atoms with Crippen LogP contribution in [-0.2, 0) is 6.18 Å². The van der Waals surface area contributed by atoms with E-state index in [9.17, 15) is 13.2 Å². The second-order valence-electron chi connectivity index (χ2n) is 7.21. The van der Waals surface area contributed by atoms with Crippen LogP contribution in [0, 0.1) is 0 Å². The lowest BCUT2D eigenvalue weighted by molar-refractivity contribution is -0.137. The van der Waals surface area contributed by atoms with Crippen molar-refractivity contribution < 1.29 is 13.2 Å². The molecule has 154 valence electrons. The van der Waals surface area contributed by atoms with Crippen LogP contribution in [0.25, 0.3) is 5.57 Å². The Kier molecular flexibility index (Phi) is 8.81. The lowest BCUT2D eigenvalue weighted by Crippen LogP contribution is -2.05. The van der Waals surface area contributed by atoms with Gasteiger partial charge >= 0.3 is 6.18 Å². The summed E-state index contributed by atoms with van der Waals surface area (Å²) in [4.78, 5) is 0. The molecule has 0 amide bonds. The van der Waals surface area contributed by atoms with E-state index in [4.69, 9.17) is 11.6 Å². The molecule has 0 heterocycles. The average Bonchev–Trinajstić information content (AvgIpc) is 2.66. The highest BCUT2D eigenvalue weighted by molar-refractivity contribution is 6.32. The van der Waals surface area contributed by atoms with Gasteiger partial charge in [0.25, 0.3) is 0 Å². The van der Waals surface area contributed by atoms with Gasteiger partial charge in [-0.1, -0.05) is 54.8 Å². The van der Waals surface area contributed by atoms with Crippen molar-refractivity contribution in [2.24, 2.45) is 0 Å². The molecule has 28 heavy (non-hydrogen) atoms. The fraction of sp³-hybridized carbons (Fsp3) is 0.417. The highest BCUT2D eigenvalue weighted by Gasteiger charge is 2.30. The summed E-state index contributed by atoms with van der Waals surface area (Å²) >= 11 is 6.64. The molecule has 0 radical (unpaired) electrons. The zero-order valence-electron chi connectivity index (χ0n) is 17.8. The minimum Gasteiger partial charge on any atom is -0.166 e. The van der Waals surface area contributed by atoms with Gasteiger partial charge in [-0.25, -0.2) is 0 Å². The maximum absolute atomic E-state index is 13.1. The second kappa shape index (κ2) is 10.2. The smallest absolute Gasteiger partial charge is 0.166 e. The third kappa shape index (κ3) is 6.13. The van der Waals surface area contributed by atoms with E-state index in [0.717, 1.165) is 45.9 Å². The van der Waals surface area contributed by atoms with Crippen LogP contribution < -0.4 is 0 Å². The van der Waals surface area contributed by atoms with Gasteiger partial charge in [-0.15, -0.1) is 0 Å². The van der Waals surface area contributed by atoms with E-state index >= 15 is 0 Å². The van der Waals surface area contributed by atoms with Crippen molar-refractivity contribution in [1.29, 1.82) is 0 Å². The Morgan fingerprint density at radius 2 is 1.57 bits per heavy atom. The Labute approximate surface area is 172 Å². The summed E-state index contributed by atoms with van der Waals surface area (Å²) in [6, 6.07) is 5.51. The number of halogens is 4. The number of alkyl halides is 3. The summed E-state index contributed by atoms with van der Waals surface area (Å²) in [6.07, 6.45) is -0.911. The van der Waals surface area contributed by atoms with Crippen molar-refractivity contribution in [3.63, 3.8) is 0 Å². The number of allylic oxidation sites excluding steroid dienone is 8. The van der Waals surface area contributed by atoms with Crippen LogP contribution in [-0.4, -0.2) is 0 Å². The van der Waals surface area contributed by atoms with Gasteiger partial charge in [-0.05, 0) is 87.4 Å². The molecule has 0 nitrogen and oxygen atoms in total. The third-order valence-electron chi connectivity index (χ3n) is 5.06. The third-order valence-corrected chi connectivity index (χ3v) is 5.63. The highest BCUT2D eigenvalue weighted by atomic mass is 35.5. The molecule has 0 spiro atoms. The largest absolute Gasteiger partial charge is 0.416 e. The van der Waals surface area contributed by atoms with Crippen LogP contribution in [0.1, 0.15) is 72.4 Å². The van der Waals surface area contributed by atoms with E-state index in [1.165, 1.54) is 12.1 Å². The minimum atomic E-state index is -4.35. The van der Waals surface area contributed by atoms with Crippen molar-refractivity contribution in [2.45, 2.75) is 67.5 Å². The summed E-state index contributed by atoms with van der Waals surface area (Å²) in [7, 11) is 0. The summed E-state index contributed by atoms with van der Waals surface area (Å²) in [5.41, 5.74) is 6.04. The van der Waals surface area contributed by atoms with Gasteiger partial charge in [0.2, 0.25) is 0 Å². The fourth-order valence-corrected chi connectivity index (χ4v) is 3.11. The number of benzene rings is 1. The van der Waals surface area contributed by atoms with E-state index < -0.39 is 11.7 Å². The Balaban J connectivity index is 3.63. The molecule has 0 N–H and O–H groups in total. The molecule has 0 atom stereocenters. The fourth-order valence-electron chi connectivity index (χ4n) is 2.82. The van der Waals surface area contributed by atoms with Gasteiger partial charge in [0.1, 0.15) is 0 Å². The molecule has 1 aromatic rings. The normalized spacial score (nSPS) is 14.5. The van der Waals surface area contributed by atoms with Crippen LogP contribution in [0.15, 0.2) is 63.2 Å². The van der Waals surface area contributed by atoms with Gasteiger partial charge in [0.05, 0.1) is 5.56 Å². The molecule has 0 aromatic heterocycles. The first-order valence-electron chi connectivity index (χ1n) is 9.53. The van der Waals surface area contributed by atoms with Crippen molar-refractivity contribution in [3.8, 4) is 0 Å². The molecule has 0 unspecified atom stereocenters. The summed E-state index contributed by atoms with van der Waals surface area (Å²) in [6.45, 7) is 14.0. The van der Waals surface area contributed by atoms with Crippen LogP contribution >= 0.6 is 11.6 Å².